The fraction of sp³-hybridized carbons (Fsp3) is 0.273. The van der Waals surface area contributed by atoms with Gasteiger partial charge in [0.1, 0.15) is 5.56 Å². The maximum Gasteiger partial charge on any atom is 0.341 e. The Bertz CT molecular complexity index is 1060. The number of hydrogen-bond acceptors (Lipinski definition) is 3. The lowest BCUT2D eigenvalue weighted by atomic mass is 10.1. The Balaban J connectivity index is 1.91. The molecular formula is C22H23ClN2O3. The molecule has 6 heteroatoms. The number of rotatable bonds is 7. The van der Waals surface area contributed by atoms with Gasteiger partial charge in [-0.3, -0.25) is 4.79 Å². The highest BCUT2D eigenvalue weighted by atomic mass is 35.5. The molecule has 1 heterocycles. The topological polar surface area (TPSA) is 71.3 Å². The van der Waals surface area contributed by atoms with E-state index in [1.807, 2.05) is 25.1 Å². The summed E-state index contributed by atoms with van der Waals surface area (Å²) in [6.45, 7) is 4.48. The molecule has 3 aromatic rings. The third-order valence-corrected chi connectivity index (χ3v) is 5.16. The first-order valence-corrected chi connectivity index (χ1v) is 9.69. The zero-order valence-corrected chi connectivity index (χ0v) is 16.7. The number of halogens is 1. The molecule has 0 fully saturated rings. The van der Waals surface area contributed by atoms with E-state index in [1.165, 1.54) is 11.8 Å². The van der Waals surface area contributed by atoms with Crippen LogP contribution in [0.3, 0.4) is 0 Å². The molecular weight excluding hydrogens is 376 g/mol. The van der Waals surface area contributed by atoms with Gasteiger partial charge >= 0.3 is 5.97 Å². The summed E-state index contributed by atoms with van der Waals surface area (Å²) >= 11 is 6.45. The molecule has 2 aromatic carbocycles. The molecule has 0 aliphatic heterocycles. The van der Waals surface area contributed by atoms with Crippen LogP contribution in [0.1, 0.15) is 36.2 Å². The SMILES string of the molecule is CCn1cc(C(=O)O)c(=O)c2cc(NC(C)CCc3ccccc3)c(Cl)cc21. The normalized spacial score (nSPS) is 12.1. The molecule has 1 atom stereocenters. The Morgan fingerprint density at radius 3 is 2.61 bits per heavy atom. The zero-order chi connectivity index (χ0) is 20.3. The van der Waals surface area contributed by atoms with Crippen molar-refractivity contribution in [3.63, 3.8) is 0 Å². The van der Waals surface area contributed by atoms with Gasteiger partial charge in [0, 0.05) is 24.2 Å². The summed E-state index contributed by atoms with van der Waals surface area (Å²) in [5, 5.41) is 13.6. The van der Waals surface area contributed by atoms with Crippen LogP contribution in [0.5, 0.6) is 0 Å². The summed E-state index contributed by atoms with van der Waals surface area (Å²) in [5.41, 5.74) is 1.79. The van der Waals surface area contributed by atoms with Crippen molar-refractivity contribution in [1.29, 1.82) is 0 Å². The smallest absolute Gasteiger partial charge is 0.341 e. The van der Waals surface area contributed by atoms with E-state index in [-0.39, 0.29) is 11.6 Å². The molecule has 0 saturated carbocycles. The van der Waals surface area contributed by atoms with Crippen molar-refractivity contribution in [3.8, 4) is 0 Å². The van der Waals surface area contributed by atoms with Crippen molar-refractivity contribution < 1.29 is 9.90 Å². The number of carboxylic acid groups (broad SMARTS) is 1. The molecule has 146 valence electrons. The Hall–Kier alpha value is -2.79. The van der Waals surface area contributed by atoms with E-state index in [1.54, 1.807) is 16.7 Å². The van der Waals surface area contributed by atoms with Gasteiger partial charge in [-0.15, -0.1) is 0 Å². The van der Waals surface area contributed by atoms with E-state index in [2.05, 4.69) is 24.4 Å². The number of aromatic carboxylic acids is 1. The van der Waals surface area contributed by atoms with E-state index in [9.17, 15) is 14.7 Å². The molecule has 5 nitrogen and oxygen atoms in total. The van der Waals surface area contributed by atoms with Crippen LogP contribution in [0, 0.1) is 0 Å². The van der Waals surface area contributed by atoms with Gasteiger partial charge in [0.05, 0.1) is 16.2 Å². The third-order valence-electron chi connectivity index (χ3n) is 4.85. The van der Waals surface area contributed by atoms with Gasteiger partial charge in [-0.1, -0.05) is 41.9 Å². The van der Waals surface area contributed by atoms with Gasteiger partial charge in [-0.25, -0.2) is 4.79 Å². The number of carbonyl (C=O) groups is 1. The first-order chi connectivity index (χ1) is 13.4. The zero-order valence-electron chi connectivity index (χ0n) is 15.9. The highest BCUT2D eigenvalue weighted by molar-refractivity contribution is 6.34. The van der Waals surface area contributed by atoms with Crippen LogP contribution in [0.25, 0.3) is 10.9 Å². The van der Waals surface area contributed by atoms with Crippen LogP contribution in [-0.2, 0) is 13.0 Å². The van der Waals surface area contributed by atoms with Crippen LogP contribution in [0.4, 0.5) is 5.69 Å². The maximum atomic E-state index is 12.6. The lowest BCUT2D eigenvalue weighted by molar-refractivity contribution is 0.0695. The fourth-order valence-corrected chi connectivity index (χ4v) is 3.51. The van der Waals surface area contributed by atoms with Gasteiger partial charge in [0.2, 0.25) is 5.43 Å². The van der Waals surface area contributed by atoms with E-state index >= 15 is 0 Å². The van der Waals surface area contributed by atoms with Crippen molar-refractivity contribution in [2.24, 2.45) is 0 Å². The lowest BCUT2D eigenvalue weighted by Crippen LogP contribution is -2.20. The number of pyridine rings is 1. The minimum absolute atomic E-state index is 0.131. The van der Waals surface area contributed by atoms with E-state index in [0.29, 0.717) is 28.2 Å². The Morgan fingerprint density at radius 1 is 1.25 bits per heavy atom. The predicted octanol–water partition coefficient (Wildman–Crippen LogP) is 4.81. The van der Waals surface area contributed by atoms with Crippen LogP contribution in [0.15, 0.2) is 53.5 Å². The highest BCUT2D eigenvalue weighted by Crippen LogP contribution is 2.28. The van der Waals surface area contributed by atoms with E-state index in [0.717, 1.165) is 12.8 Å². The quantitative estimate of drug-likeness (QED) is 0.599. The molecule has 1 unspecified atom stereocenters. The highest BCUT2D eigenvalue weighted by Gasteiger charge is 2.16. The number of fused-ring (bicyclic) bond motifs is 1. The molecule has 28 heavy (non-hydrogen) atoms. The number of hydrogen-bond donors (Lipinski definition) is 2. The molecule has 0 spiro atoms. The van der Waals surface area contributed by atoms with Crippen molar-refractivity contribution in [3.05, 3.63) is 75.0 Å². The Kier molecular flexibility index (Phi) is 6.05. The number of anilines is 1. The monoisotopic (exact) mass is 398 g/mol. The molecule has 0 bridgehead atoms. The minimum atomic E-state index is -1.23. The average Bonchev–Trinajstić information content (AvgIpc) is 2.68. The van der Waals surface area contributed by atoms with Crippen LogP contribution >= 0.6 is 11.6 Å². The molecule has 1 aromatic heterocycles. The summed E-state index contributed by atoms with van der Waals surface area (Å²) in [4.78, 5) is 24.1. The maximum absolute atomic E-state index is 12.6. The summed E-state index contributed by atoms with van der Waals surface area (Å²) in [7, 11) is 0. The van der Waals surface area contributed by atoms with Gasteiger partial charge in [-0.05, 0) is 44.4 Å². The summed E-state index contributed by atoms with van der Waals surface area (Å²) < 4.78 is 1.73. The lowest BCUT2D eigenvalue weighted by Gasteiger charge is -2.18. The van der Waals surface area contributed by atoms with Crippen molar-refractivity contribution in [2.45, 2.75) is 39.3 Å². The van der Waals surface area contributed by atoms with Gasteiger partial charge in [0.25, 0.3) is 0 Å². The number of aromatic nitrogens is 1. The second-order valence-electron chi connectivity index (χ2n) is 6.88. The van der Waals surface area contributed by atoms with Gasteiger partial charge < -0.3 is 15.0 Å². The second-order valence-corrected chi connectivity index (χ2v) is 7.29. The molecule has 2 N–H and O–H groups in total. The van der Waals surface area contributed by atoms with Crippen molar-refractivity contribution in [1.82, 2.24) is 4.57 Å². The van der Waals surface area contributed by atoms with Crippen LogP contribution < -0.4 is 10.7 Å². The first kappa shape index (κ1) is 20.0. The van der Waals surface area contributed by atoms with Crippen LogP contribution in [-0.4, -0.2) is 21.7 Å². The molecule has 0 amide bonds. The minimum Gasteiger partial charge on any atom is -0.477 e. The van der Waals surface area contributed by atoms with Gasteiger partial charge in [-0.2, -0.15) is 0 Å². The van der Waals surface area contributed by atoms with E-state index in [4.69, 9.17) is 11.6 Å². The molecule has 0 aliphatic rings. The largest absolute Gasteiger partial charge is 0.477 e. The Morgan fingerprint density at radius 2 is 1.96 bits per heavy atom. The molecule has 0 aliphatic carbocycles. The third kappa shape index (κ3) is 4.20. The second kappa shape index (κ2) is 8.48. The van der Waals surface area contributed by atoms with Crippen LogP contribution in [0.2, 0.25) is 5.02 Å². The molecule has 3 rings (SSSR count). The van der Waals surface area contributed by atoms with Gasteiger partial charge in [0.15, 0.2) is 0 Å². The average molecular weight is 399 g/mol. The number of nitrogens with one attached hydrogen (secondary N) is 1. The van der Waals surface area contributed by atoms with Crippen molar-refractivity contribution in [2.75, 3.05) is 5.32 Å². The predicted molar refractivity (Wildman–Crippen MR) is 114 cm³/mol. The fourth-order valence-electron chi connectivity index (χ4n) is 3.30. The summed E-state index contributed by atoms with van der Waals surface area (Å²) in [6, 6.07) is 13.7. The molecule has 0 radical (unpaired) electrons. The number of benzene rings is 2. The Labute approximate surface area is 168 Å². The number of nitrogens with zero attached hydrogens (tertiary/aromatic N) is 1. The first-order valence-electron chi connectivity index (χ1n) is 9.31. The summed E-state index contributed by atoms with van der Waals surface area (Å²) in [5.74, 6) is -1.23. The molecule has 0 saturated heterocycles. The number of aryl methyl sites for hydroxylation is 2. The summed E-state index contributed by atoms with van der Waals surface area (Å²) in [6.07, 6.45) is 3.19. The van der Waals surface area contributed by atoms with E-state index < -0.39 is 11.4 Å². The standard InChI is InChI=1S/C22H23ClN2O3/c1-3-25-13-17(22(27)28)21(26)16-11-19(18(23)12-20(16)25)24-14(2)9-10-15-7-5-4-6-8-15/h4-8,11-14,24H,3,9-10H2,1-2H3,(H,27,28). The number of carboxylic acids is 1. The van der Waals surface area contributed by atoms with Crippen molar-refractivity contribution >= 4 is 34.2 Å².